The molecule has 0 aliphatic carbocycles. The Kier molecular flexibility index (Phi) is 5.14. The number of hydrogen-bond donors (Lipinski definition) is 1. The summed E-state index contributed by atoms with van der Waals surface area (Å²) in [5, 5.41) is 3.73. The Balaban J connectivity index is 1.49. The summed E-state index contributed by atoms with van der Waals surface area (Å²) < 4.78 is 2.31. The minimum Gasteiger partial charge on any atom is -0.364 e. The summed E-state index contributed by atoms with van der Waals surface area (Å²) in [6.07, 6.45) is 2.45. The minimum absolute atomic E-state index is 0.0305. The first-order valence-electron chi connectivity index (χ1n) is 9.54. The molecule has 0 saturated carbocycles. The lowest BCUT2D eigenvalue weighted by molar-refractivity contribution is -0.115. The molecule has 0 bridgehead atoms. The van der Waals surface area contributed by atoms with E-state index in [-0.39, 0.29) is 5.91 Å². The quantitative estimate of drug-likeness (QED) is 0.680. The second kappa shape index (κ2) is 7.72. The molecule has 2 heterocycles. The topological polar surface area (TPSA) is 37.3 Å². The van der Waals surface area contributed by atoms with Gasteiger partial charge < -0.3 is 14.8 Å². The van der Waals surface area contributed by atoms with Crippen molar-refractivity contribution in [2.24, 2.45) is 0 Å². The molecule has 4 nitrogen and oxygen atoms in total. The number of amides is 1. The molecule has 0 saturated heterocycles. The Morgan fingerprint density at radius 2 is 1.86 bits per heavy atom. The number of fused-ring (bicyclic) bond motifs is 1. The third kappa shape index (κ3) is 3.92. The fourth-order valence-electron chi connectivity index (χ4n) is 3.87. The second-order valence-corrected chi connectivity index (χ2v) is 7.86. The summed E-state index contributed by atoms with van der Waals surface area (Å²) in [6, 6.07) is 16.0. The molecule has 1 aliphatic rings. The van der Waals surface area contributed by atoms with Crippen LogP contribution in [-0.2, 0) is 24.3 Å². The summed E-state index contributed by atoms with van der Waals surface area (Å²) in [5.41, 5.74) is 6.51. The molecule has 144 valence electrons. The van der Waals surface area contributed by atoms with Crippen molar-refractivity contribution in [3.8, 4) is 0 Å². The number of rotatable bonds is 4. The number of carbonyl (C=O) groups is 1. The van der Waals surface area contributed by atoms with Gasteiger partial charge in [0.25, 0.3) is 0 Å². The first kappa shape index (κ1) is 18.6. The third-order valence-electron chi connectivity index (χ3n) is 5.29. The van der Waals surface area contributed by atoms with Crippen LogP contribution in [-0.4, -0.2) is 17.0 Å². The third-order valence-corrected chi connectivity index (χ3v) is 5.52. The molecule has 1 amide bonds. The van der Waals surface area contributed by atoms with Crippen molar-refractivity contribution in [1.82, 2.24) is 4.57 Å². The van der Waals surface area contributed by atoms with E-state index < -0.39 is 0 Å². The number of nitrogens with one attached hydrogen (secondary N) is 1. The molecule has 5 heteroatoms. The normalized spacial score (nSPS) is 13.3. The van der Waals surface area contributed by atoms with Crippen LogP contribution in [0, 0.1) is 13.8 Å². The zero-order valence-corrected chi connectivity index (χ0v) is 17.0. The maximum atomic E-state index is 12.5. The molecule has 0 unspecified atom stereocenters. The van der Waals surface area contributed by atoms with Crippen LogP contribution in [0.15, 0.2) is 54.7 Å². The highest BCUT2D eigenvalue weighted by Gasteiger charge is 2.18. The van der Waals surface area contributed by atoms with Crippen molar-refractivity contribution >= 4 is 28.9 Å². The standard InChI is InChI=1S/C23H24ClN3O/c1-16-11-21(27-10-9-26-8-4-7-20(26)15-27)12-17(2)23(16)25-22(28)14-18-5-3-6-19(24)13-18/h3-8,11-13H,9-10,14-15H2,1-2H3,(H,25,28). The average Bonchev–Trinajstić information content (AvgIpc) is 3.12. The number of anilines is 2. The molecular formula is C23H24ClN3O. The maximum absolute atomic E-state index is 12.5. The SMILES string of the molecule is Cc1cc(N2CCn3cccc3C2)cc(C)c1NC(=O)Cc1cccc(Cl)c1. The number of halogens is 1. The average molecular weight is 394 g/mol. The van der Waals surface area contributed by atoms with Crippen molar-refractivity contribution in [2.75, 3.05) is 16.8 Å². The van der Waals surface area contributed by atoms with E-state index in [2.05, 4.69) is 59.1 Å². The van der Waals surface area contributed by atoms with Gasteiger partial charge >= 0.3 is 0 Å². The van der Waals surface area contributed by atoms with Crippen LogP contribution < -0.4 is 10.2 Å². The van der Waals surface area contributed by atoms with Crippen LogP contribution in [0.2, 0.25) is 5.02 Å². The van der Waals surface area contributed by atoms with Gasteiger partial charge in [-0.3, -0.25) is 4.79 Å². The summed E-state index contributed by atoms with van der Waals surface area (Å²) in [6.45, 7) is 7.00. The van der Waals surface area contributed by atoms with Gasteiger partial charge in [0.15, 0.2) is 0 Å². The second-order valence-electron chi connectivity index (χ2n) is 7.42. The van der Waals surface area contributed by atoms with Crippen LogP contribution in [0.4, 0.5) is 11.4 Å². The van der Waals surface area contributed by atoms with Gasteiger partial charge in [0.2, 0.25) is 5.91 Å². The van der Waals surface area contributed by atoms with Gasteiger partial charge in [-0.15, -0.1) is 0 Å². The Hall–Kier alpha value is -2.72. The van der Waals surface area contributed by atoms with E-state index in [9.17, 15) is 4.79 Å². The Morgan fingerprint density at radius 1 is 1.07 bits per heavy atom. The van der Waals surface area contributed by atoms with Gasteiger partial charge in [0.1, 0.15) is 0 Å². The number of aryl methyl sites for hydroxylation is 2. The summed E-state index contributed by atoms with van der Waals surface area (Å²) >= 11 is 6.02. The van der Waals surface area contributed by atoms with E-state index in [1.54, 1.807) is 0 Å². The molecule has 1 N–H and O–H groups in total. The molecule has 1 aromatic heterocycles. The van der Waals surface area contributed by atoms with E-state index in [4.69, 9.17) is 11.6 Å². The Labute approximate surface area is 170 Å². The van der Waals surface area contributed by atoms with Gasteiger partial charge in [-0.1, -0.05) is 23.7 Å². The van der Waals surface area contributed by atoms with Crippen LogP contribution in [0.25, 0.3) is 0 Å². The predicted octanol–water partition coefficient (Wildman–Crippen LogP) is 4.96. The monoisotopic (exact) mass is 393 g/mol. The van der Waals surface area contributed by atoms with Crippen molar-refractivity contribution in [3.05, 3.63) is 82.1 Å². The minimum atomic E-state index is -0.0305. The molecule has 28 heavy (non-hydrogen) atoms. The molecule has 2 aromatic carbocycles. The largest absolute Gasteiger partial charge is 0.364 e. The van der Waals surface area contributed by atoms with Crippen LogP contribution >= 0.6 is 11.6 Å². The lowest BCUT2D eigenvalue weighted by Crippen LogP contribution is -2.33. The molecule has 4 rings (SSSR count). The van der Waals surface area contributed by atoms with E-state index in [1.165, 1.54) is 11.4 Å². The summed E-state index contributed by atoms with van der Waals surface area (Å²) in [7, 11) is 0. The lowest BCUT2D eigenvalue weighted by Gasteiger charge is -2.31. The molecular weight excluding hydrogens is 370 g/mol. The highest BCUT2D eigenvalue weighted by atomic mass is 35.5. The molecule has 0 fully saturated rings. The highest BCUT2D eigenvalue weighted by molar-refractivity contribution is 6.30. The zero-order valence-electron chi connectivity index (χ0n) is 16.2. The highest BCUT2D eigenvalue weighted by Crippen LogP contribution is 2.29. The van der Waals surface area contributed by atoms with Gasteiger partial charge in [0.05, 0.1) is 13.0 Å². The number of aromatic nitrogens is 1. The maximum Gasteiger partial charge on any atom is 0.228 e. The fraction of sp³-hybridized carbons (Fsp3) is 0.261. The van der Waals surface area contributed by atoms with Crippen molar-refractivity contribution in [3.63, 3.8) is 0 Å². The van der Waals surface area contributed by atoms with Crippen LogP contribution in [0.1, 0.15) is 22.4 Å². The van der Waals surface area contributed by atoms with E-state index in [0.29, 0.717) is 11.4 Å². The van der Waals surface area contributed by atoms with Gasteiger partial charge in [0, 0.05) is 41.4 Å². The molecule has 1 aliphatic heterocycles. The van der Waals surface area contributed by atoms with Crippen LogP contribution in [0.3, 0.4) is 0 Å². The molecule has 0 spiro atoms. The fourth-order valence-corrected chi connectivity index (χ4v) is 4.08. The van der Waals surface area contributed by atoms with Gasteiger partial charge in [-0.2, -0.15) is 0 Å². The number of benzene rings is 2. The van der Waals surface area contributed by atoms with Gasteiger partial charge in [-0.05, 0) is 66.9 Å². The van der Waals surface area contributed by atoms with E-state index >= 15 is 0 Å². The Morgan fingerprint density at radius 3 is 2.61 bits per heavy atom. The first-order chi connectivity index (χ1) is 13.5. The van der Waals surface area contributed by atoms with E-state index in [1.807, 2.05) is 24.3 Å². The number of nitrogens with zero attached hydrogens (tertiary/aromatic N) is 2. The molecule has 0 radical (unpaired) electrons. The first-order valence-corrected chi connectivity index (χ1v) is 9.92. The van der Waals surface area contributed by atoms with Gasteiger partial charge in [-0.25, -0.2) is 0 Å². The van der Waals surface area contributed by atoms with Crippen LogP contribution in [0.5, 0.6) is 0 Å². The number of hydrogen-bond acceptors (Lipinski definition) is 2. The van der Waals surface area contributed by atoms with Crippen molar-refractivity contribution in [1.29, 1.82) is 0 Å². The Bertz CT molecular complexity index is 1000. The number of carbonyl (C=O) groups excluding carboxylic acids is 1. The smallest absolute Gasteiger partial charge is 0.228 e. The van der Waals surface area contributed by atoms with E-state index in [0.717, 1.165) is 42.0 Å². The molecule has 3 aromatic rings. The summed E-state index contributed by atoms with van der Waals surface area (Å²) in [4.78, 5) is 14.9. The van der Waals surface area contributed by atoms with Crippen molar-refractivity contribution < 1.29 is 4.79 Å². The summed E-state index contributed by atoms with van der Waals surface area (Å²) in [5.74, 6) is -0.0305. The molecule has 0 atom stereocenters. The lowest BCUT2D eigenvalue weighted by atomic mass is 10.1. The zero-order chi connectivity index (χ0) is 19.7. The van der Waals surface area contributed by atoms with Crippen molar-refractivity contribution in [2.45, 2.75) is 33.4 Å². The predicted molar refractivity (Wildman–Crippen MR) is 115 cm³/mol.